The van der Waals surface area contributed by atoms with Gasteiger partial charge in [0.05, 0.1) is 28.1 Å². The molecule has 7 nitrogen and oxygen atoms in total. The molecule has 7 heteroatoms. The Morgan fingerprint density at radius 3 is 0.978 bits per heavy atom. The number of aromatic nitrogens is 7. The molecule has 0 saturated carbocycles. The summed E-state index contributed by atoms with van der Waals surface area (Å²) in [4.78, 5) is 27.5. The average molecular weight is 1770 g/mol. The molecule has 0 N–H and O–H groups in total. The van der Waals surface area contributed by atoms with Gasteiger partial charge in [0, 0.05) is 65.8 Å². The summed E-state index contributed by atoms with van der Waals surface area (Å²) in [5, 5.41) is 17.3. The number of hydrogen-bond acceptors (Lipinski definition) is 6. The summed E-state index contributed by atoms with van der Waals surface area (Å²) >= 11 is 0. The van der Waals surface area contributed by atoms with Gasteiger partial charge in [-0.25, -0.2) is 4.98 Å². The lowest BCUT2D eigenvalue weighted by Crippen LogP contribution is -1.97. The highest BCUT2D eigenvalue weighted by Crippen LogP contribution is 2.51. The van der Waals surface area contributed by atoms with E-state index >= 15 is 0 Å². The van der Waals surface area contributed by atoms with Crippen molar-refractivity contribution in [2.75, 3.05) is 0 Å². The fourth-order valence-corrected chi connectivity index (χ4v) is 20.4. The Morgan fingerprint density at radius 2 is 0.482 bits per heavy atom. The van der Waals surface area contributed by atoms with Gasteiger partial charge in [-0.1, -0.05) is 370 Å². The molecule has 26 aromatic rings. The van der Waals surface area contributed by atoms with Crippen molar-refractivity contribution < 1.29 is 0 Å². The second kappa shape index (κ2) is 37.1. The van der Waals surface area contributed by atoms with Crippen molar-refractivity contribution in [3.05, 3.63) is 529 Å². The zero-order valence-electron chi connectivity index (χ0n) is 75.9. The van der Waals surface area contributed by atoms with E-state index < -0.39 is 0 Å². The minimum Gasteiger partial charge on any atom is -0.292 e. The molecule has 0 unspecified atom stereocenters. The Hall–Kier alpha value is -18.6. The third-order valence-corrected chi connectivity index (χ3v) is 26.9. The predicted octanol–water partition coefficient (Wildman–Crippen LogP) is 34.8. The largest absolute Gasteiger partial charge is 0.292 e. The summed E-state index contributed by atoms with van der Waals surface area (Å²) < 4.78 is 2.26. The maximum atomic E-state index is 5.10. The molecule has 26 rings (SSSR count). The van der Waals surface area contributed by atoms with Gasteiger partial charge in [-0.15, -0.1) is 0 Å². The van der Waals surface area contributed by atoms with Gasteiger partial charge in [-0.2, -0.15) is 0 Å². The Labute approximate surface area is 806 Å². The van der Waals surface area contributed by atoms with Gasteiger partial charge in [0.1, 0.15) is 5.82 Å². The third-order valence-electron chi connectivity index (χ3n) is 26.9. The van der Waals surface area contributed by atoms with Crippen molar-refractivity contribution in [2.45, 2.75) is 0 Å². The molecule has 0 bridgehead atoms. The zero-order valence-corrected chi connectivity index (χ0v) is 75.9. The van der Waals surface area contributed by atoms with Gasteiger partial charge in [-0.3, -0.25) is 29.5 Å². The van der Waals surface area contributed by atoms with Crippen LogP contribution in [-0.2, 0) is 0 Å². The van der Waals surface area contributed by atoms with Gasteiger partial charge < -0.3 is 0 Å². The number of fused-ring (bicyclic) bond motifs is 8. The van der Waals surface area contributed by atoms with Crippen LogP contribution >= 0.6 is 0 Å². The lowest BCUT2D eigenvalue weighted by molar-refractivity contribution is 1.10. The lowest BCUT2D eigenvalue weighted by Gasteiger charge is -2.19. The fraction of sp³-hybridized carbons (Fsp3) is 0. The Morgan fingerprint density at radius 1 is 0.158 bits per heavy atom. The first kappa shape index (κ1) is 83.5. The first-order valence-electron chi connectivity index (χ1n) is 47.1. The van der Waals surface area contributed by atoms with E-state index in [4.69, 9.17) is 9.97 Å². The molecule has 0 fully saturated rings. The van der Waals surface area contributed by atoms with Crippen molar-refractivity contribution in [2.24, 2.45) is 0 Å². The van der Waals surface area contributed by atoms with E-state index in [9.17, 15) is 0 Å². The van der Waals surface area contributed by atoms with Gasteiger partial charge >= 0.3 is 0 Å². The van der Waals surface area contributed by atoms with Gasteiger partial charge in [-0.05, 0) is 308 Å². The maximum Gasteiger partial charge on any atom is 0.145 e. The second-order valence-corrected chi connectivity index (χ2v) is 35.1. The van der Waals surface area contributed by atoms with Crippen LogP contribution < -0.4 is 0 Å². The van der Waals surface area contributed by atoms with E-state index in [2.05, 4.69) is 473 Å². The molecule has 0 saturated heterocycles. The Balaban J connectivity index is 0.000000114. The molecule has 0 atom stereocenters. The molecule has 0 radical (unpaired) electrons. The normalized spacial score (nSPS) is 11.3. The number of nitrogens with zero attached hydrogens (tertiary/aromatic N) is 7. The van der Waals surface area contributed by atoms with Crippen LogP contribution in [0.5, 0.6) is 0 Å². The van der Waals surface area contributed by atoms with Crippen LogP contribution in [0, 0.1) is 0 Å². The molecule has 139 heavy (non-hydrogen) atoms. The highest BCUT2D eigenvalue weighted by molar-refractivity contribution is 6.25. The van der Waals surface area contributed by atoms with Crippen LogP contribution in [0.25, 0.3) is 249 Å². The molecule has 650 valence electrons. The standard InChI is InChI=1S/C49H32N2.C42H28N2.C41H27N3/c1-3-14-35(15-4-1)47-41-19-9-10-20-42(41)48(39-28-25-33-13-7-8-16-37(33)31-39)43-30-29-38(32-44(43)47)34-23-26-36(27-24-34)49-50-45-21-11-12-22-46(45)51(49)40-17-5-2-6-18-40;1-2-8-29(9-3-1)34-16-17-39-40(28-34)42(36-13-7-11-33(27-36)31-20-24-44-25-21-31)38-15-5-4-14-37(38)41(39)35-12-6-10-32(26-35)30-18-22-43-23-19-30;1-2-10-28(11-3-1)31-20-22-35-36(26-31)41(32-21-23-39(44-27-32)38-15-7-9-25-43-38)34-13-5-4-12-33(34)40(35)30-18-16-29(17-19-30)37-14-6-8-24-42-37/h1-32H;1-28H;1-27H. The van der Waals surface area contributed by atoms with Gasteiger partial charge in [0.15, 0.2) is 0 Å². The number of rotatable bonds is 15. The SMILES string of the molecule is c1ccc(-c2c3ccccc3c(-c3ccc4ccccc4c3)c3ccc(-c4ccc(-c5nc6ccccc6n5-c5ccccc5)cc4)cc23)cc1.c1ccc(-c2ccc3c(-c4ccc(-c5ccccn5)cc4)c4ccccc4c(-c4ccc(-c5ccccn5)nc4)c3c2)cc1.c1ccc(-c2ccc3c(-c4cccc(-c5ccncc5)c4)c4ccccc4c(-c4cccc(-c5ccncc5)c4)c3c2)cc1. The summed E-state index contributed by atoms with van der Waals surface area (Å²) in [6, 6.07) is 174. The molecular weight excluding hydrogens is 1680 g/mol. The van der Waals surface area contributed by atoms with Crippen molar-refractivity contribution in [1.29, 1.82) is 0 Å². The molecule has 0 aliphatic heterocycles. The summed E-state index contributed by atoms with van der Waals surface area (Å²) in [7, 11) is 0. The maximum absolute atomic E-state index is 5.10. The number of para-hydroxylation sites is 3. The highest BCUT2D eigenvalue weighted by atomic mass is 15.1. The molecule has 0 aliphatic rings. The predicted molar refractivity (Wildman–Crippen MR) is 582 cm³/mol. The number of pyridine rings is 5. The first-order valence-corrected chi connectivity index (χ1v) is 47.1. The summed E-state index contributed by atoms with van der Waals surface area (Å²) in [5.41, 5.74) is 34.4. The van der Waals surface area contributed by atoms with Crippen molar-refractivity contribution in [1.82, 2.24) is 34.5 Å². The molecule has 6 aromatic heterocycles. The monoisotopic (exact) mass is 1770 g/mol. The minimum absolute atomic E-state index is 0.859. The zero-order chi connectivity index (χ0) is 92.3. The summed E-state index contributed by atoms with van der Waals surface area (Å²) in [6.07, 6.45) is 13.0. The van der Waals surface area contributed by atoms with E-state index in [1.165, 1.54) is 181 Å². The van der Waals surface area contributed by atoms with Crippen LogP contribution in [0.4, 0.5) is 0 Å². The highest BCUT2D eigenvalue weighted by Gasteiger charge is 2.25. The Kier molecular flexibility index (Phi) is 22.3. The molecule has 6 heterocycles. The third kappa shape index (κ3) is 16.2. The van der Waals surface area contributed by atoms with Gasteiger partial charge in [0.2, 0.25) is 0 Å². The smallest absolute Gasteiger partial charge is 0.145 e. The van der Waals surface area contributed by atoms with Crippen LogP contribution in [0.2, 0.25) is 0 Å². The fourth-order valence-electron chi connectivity index (χ4n) is 20.4. The van der Waals surface area contributed by atoms with Crippen LogP contribution in [0.15, 0.2) is 529 Å². The van der Waals surface area contributed by atoms with Crippen LogP contribution in [0.3, 0.4) is 0 Å². The van der Waals surface area contributed by atoms with E-state index in [0.29, 0.717) is 0 Å². The number of benzene rings is 20. The van der Waals surface area contributed by atoms with Crippen molar-refractivity contribution >= 4 is 86.4 Å². The second-order valence-electron chi connectivity index (χ2n) is 35.1. The quantitative estimate of drug-likeness (QED) is 0.0951. The molecule has 20 aromatic carbocycles. The van der Waals surface area contributed by atoms with Gasteiger partial charge in [0.25, 0.3) is 0 Å². The van der Waals surface area contributed by atoms with E-state index in [1.807, 2.05) is 73.6 Å². The summed E-state index contributed by atoms with van der Waals surface area (Å²) in [5.74, 6) is 0.935. The van der Waals surface area contributed by atoms with Crippen molar-refractivity contribution in [3.8, 4) is 162 Å². The van der Waals surface area contributed by atoms with E-state index in [-0.39, 0.29) is 0 Å². The topological polar surface area (TPSA) is 82.3 Å². The van der Waals surface area contributed by atoms with E-state index in [1.54, 1.807) is 6.20 Å². The molecule has 0 spiro atoms. The minimum atomic E-state index is 0.859. The van der Waals surface area contributed by atoms with E-state index in [0.717, 1.165) is 67.4 Å². The number of imidazole rings is 1. The molecule has 0 amide bonds. The van der Waals surface area contributed by atoms with Crippen LogP contribution in [-0.4, -0.2) is 34.5 Å². The number of hydrogen-bond donors (Lipinski definition) is 0. The lowest BCUT2D eigenvalue weighted by atomic mass is 9.84. The Bertz CT molecular complexity index is 9040. The molecular formula is C132H87N7. The first-order chi connectivity index (χ1) is 69.0. The molecule has 0 aliphatic carbocycles. The summed E-state index contributed by atoms with van der Waals surface area (Å²) in [6.45, 7) is 0. The van der Waals surface area contributed by atoms with Crippen LogP contribution in [0.1, 0.15) is 0 Å². The average Bonchev–Trinajstić information content (AvgIpc) is 1.56. The van der Waals surface area contributed by atoms with Crippen molar-refractivity contribution in [3.63, 3.8) is 0 Å².